The van der Waals surface area contributed by atoms with Crippen LogP contribution in [0.2, 0.25) is 0 Å². The number of benzene rings is 1. The van der Waals surface area contributed by atoms with Crippen LogP contribution in [0.25, 0.3) is 0 Å². The summed E-state index contributed by atoms with van der Waals surface area (Å²) in [6.45, 7) is 0. The largest absolute Gasteiger partial charge is 0.463 e. The van der Waals surface area contributed by atoms with Crippen molar-refractivity contribution in [3.05, 3.63) is 60.1 Å². The molecule has 0 aliphatic heterocycles. The third-order valence-electron chi connectivity index (χ3n) is 2.09. The summed E-state index contributed by atoms with van der Waals surface area (Å²) in [5.74, 6) is 0.909. The molecule has 2 rings (SSSR count). The fourth-order valence-electron chi connectivity index (χ4n) is 1.34. The highest BCUT2D eigenvalue weighted by Gasteiger charge is 2.13. The Bertz CT molecular complexity index is 353. The van der Waals surface area contributed by atoms with Crippen LogP contribution in [-0.4, -0.2) is 0 Å². The van der Waals surface area contributed by atoms with Crippen molar-refractivity contribution < 1.29 is 10.2 Å². The minimum absolute atomic E-state index is 0.0937. The number of hydrogen-bond donors (Lipinski definition) is 1. The Kier molecular flexibility index (Phi) is 2.15. The van der Waals surface area contributed by atoms with E-state index in [9.17, 15) is 0 Å². The van der Waals surface area contributed by atoms with Gasteiger partial charge in [0.05, 0.1) is 6.26 Å². The normalized spacial score (nSPS) is 12.7. The minimum atomic E-state index is 0.0937. The predicted octanol–water partition coefficient (Wildman–Crippen LogP) is 1.61. The average Bonchev–Trinajstić information content (AvgIpc) is 2.71. The van der Waals surface area contributed by atoms with Gasteiger partial charge in [-0.15, -0.1) is 0 Å². The van der Waals surface area contributed by atoms with E-state index in [1.165, 1.54) is 5.56 Å². The molecule has 0 amide bonds. The zero-order valence-corrected chi connectivity index (χ0v) is 7.31. The SMILES string of the molecule is [NH3+][C@@H](c1ccccc1)c1ccco1. The standard InChI is InChI=1S/C11H11NO/c12-11(10-7-4-8-13-10)9-5-2-1-3-6-9/h1-8,11H,12H2/p+1/t11-/m0/s1. The van der Waals surface area contributed by atoms with E-state index in [0.717, 1.165) is 5.76 Å². The van der Waals surface area contributed by atoms with E-state index in [4.69, 9.17) is 4.42 Å². The number of hydrogen-bond acceptors (Lipinski definition) is 1. The van der Waals surface area contributed by atoms with E-state index < -0.39 is 0 Å². The quantitative estimate of drug-likeness (QED) is 0.738. The maximum Gasteiger partial charge on any atom is 0.169 e. The van der Waals surface area contributed by atoms with Gasteiger partial charge in [0.2, 0.25) is 0 Å². The molecular weight excluding hydrogens is 162 g/mol. The topological polar surface area (TPSA) is 40.8 Å². The molecule has 2 heteroatoms. The summed E-state index contributed by atoms with van der Waals surface area (Å²) in [7, 11) is 0. The van der Waals surface area contributed by atoms with Gasteiger partial charge in [0, 0.05) is 5.56 Å². The molecule has 1 aromatic carbocycles. The summed E-state index contributed by atoms with van der Waals surface area (Å²) in [6.07, 6.45) is 1.68. The Labute approximate surface area is 77.0 Å². The predicted molar refractivity (Wildman–Crippen MR) is 49.9 cm³/mol. The highest BCUT2D eigenvalue weighted by molar-refractivity contribution is 5.23. The zero-order valence-electron chi connectivity index (χ0n) is 7.31. The lowest BCUT2D eigenvalue weighted by atomic mass is 10.1. The van der Waals surface area contributed by atoms with Crippen LogP contribution in [0.15, 0.2) is 53.1 Å². The Hall–Kier alpha value is -1.54. The molecule has 13 heavy (non-hydrogen) atoms. The van der Waals surface area contributed by atoms with Gasteiger partial charge in [-0.1, -0.05) is 30.3 Å². The maximum absolute atomic E-state index is 5.29. The lowest BCUT2D eigenvalue weighted by molar-refractivity contribution is -0.415. The molecule has 2 nitrogen and oxygen atoms in total. The molecule has 2 aromatic rings. The second-order valence-electron chi connectivity index (χ2n) is 2.98. The smallest absolute Gasteiger partial charge is 0.169 e. The zero-order chi connectivity index (χ0) is 9.10. The Morgan fingerprint density at radius 2 is 1.77 bits per heavy atom. The Morgan fingerprint density at radius 1 is 1.00 bits per heavy atom. The molecule has 3 N–H and O–H groups in total. The van der Waals surface area contributed by atoms with Crippen molar-refractivity contribution in [2.45, 2.75) is 6.04 Å². The first kappa shape index (κ1) is 8.08. The van der Waals surface area contributed by atoms with Crippen LogP contribution in [0, 0.1) is 0 Å². The van der Waals surface area contributed by atoms with Crippen LogP contribution in [-0.2, 0) is 0 Å². The second-order valence-corrected chi connectivity index (χ2v) is 2.98. The molecular formula is C11H12NO+. The summed E-state index contributed by atoms with van der Waals surface area (Å²) in [5, 5.41) is 0. The molecule has 0 bridgehead atoms. The first-order chi connectivity index (χ1) is 6.38. The van der Waals surface area contributed by atoms with Gasteiger partial charge < -0.3 is 10.2 Å². The van der Waals surface area contributed by atoms with Crippen LogP contribution >= 0.6 is 0 Å². The number of quaternary nitrogens is 1. The van der Waals surface area contributed by atoms with Crippen molar-refractivity contribution in [1.29, 1.82) is 0 Å². The molecule has 0 saturated heterocycles. The van der Waals surface area contributed by atoms with Crippen LogP contribution < -0.4 is 5.73 Å². The van der Waals surface area contributed by atoms with E-state index in [-0.39, 0.29) is 6.04 Å². The molecule has 0 spiro atoms. The summed E-state index contributed by atoms with van der Waals surface area (Å²) in [6, 6.07) is 14.1. The molecule has 0 fully saturated rings. The average molecular weight is 174 g/mol. The lowest BCUT2D eigenvalue weighted by Gasteiger charge is -2.04. The van der Waals surface area contributed by atoms with Crippen molar-refractivity contribution in [1.82, 2.24) is 0 Å². The van der Waals surface area contributed by atoms with Gasteiger partial charge in [0.15, 0.2) is 11.8 Å². The van der Waals surface area contributed by atoms with Crippen molar-refractivity contribution in [2.75, 3.05) is 0 Å². The van der Waals surface area contributed by atoms with Gasteiger partial charge in [-0.3, -0.25) is 0 Å². The number of rotatable bonds is 2. The van der Waals surface area contributed by atoms with E-state index in [2.05, 4.69) is 17.9 Å². The molecule has 0 saturated carbocycles. The van der Waals surface area contributed by atoms with Crippen LogP contribution in [0.1, 0.15) is 17.4 Å². The third kappa shape index (κ3) is 1.63. The first-order valence-electron chi connectivity index (χ1n) is 4.29. The minimum Gasteiger partial charge on any atom is -0.463 e. The fourth-order valence-corrected chi connectivity index (χ4v) is 1.34. The highest BCUT2D eigenvalue weighted by Crippen LogP contribution is 2.17. The molecule has 0 aliphatic carbocycles. The summed E-state index contributed by atoms with van der Waals surface area (Å²) in [5.41, 5.74) is 5.24. The van der Waals surface area contributed by atoms with Crippen LogP contribution in [0.3, 0.4) is 0 Å². The third-order valence-corrected chi connectivity index (χ3v) is 2.09. The van der Waals surface area contributed by atoms with Crippen molar-refractivity contribution in [3.63, 3.8) is 0 Å². The van der Waals surface area contributed by atoms with E-state index in [1.54, 1.807) is 6.26 Å². The molecule has 66 valence electrons. The van der Waals surface area contributed by atoms with Crippen molar-refractivity contribution in [3.8, 4) is 0 Å². The van der Waals surface area contributed by atoms with Crippen molar-refractivity contribution in [2.24, 2.45) is 0 Å². The second kappa shape index (κ2) is 3.46. The monoisotopic (exact) mass is 174 g/mol. The maximum atomic E-state index is 5.29. The Morgan fingerprint density at radius 3 is 2.38 bits per heavy atom. The number of furan rings is 1. The Balaban J connectivity index is 2.29. The van der Waals surface area contributed by atoms with Gasteiger partial charge in [-0.05, 0) is 12.1 Å². The van der Waals surface area contributed by atoms with Gasteiger partial charge >= 0.3 is 0 Å². The van der Waals surface area contributed by atoms with Crippen molar-refractivity contribution >= 4 is 0 Å². The van der Waals surface area contributed by atoms with E-state index in [1.807, 2.05) is 30.3 Å². The highest BCUT2D eigenvalue weighted by atomic mass is 16.3. The van der Waals surface area contributed by atoms with Crippen LogP contribution in [0.4, 0.5) is 0 Å². The van der Waals surface area contributed by atoms with E-state index >= 15 is 0 Å². The van der Waals surface area contributed by atoms with E-state index in [0.29, 0.717) is 0 Å². The van der Waals surface area contributed by atoms with Gasteiger partial charge in [0.1, 0.15) is 0 Å². The lowest BCUT2D eigenvalue weighted by Crippen LogP contribution is -2.53. The van der Waals surface area contributed by atoms with Gasteiger partial charge in [-0.25, -0.2) is 0 Å². The molecule has 0 radical (unpaired) electrons. The summed E-state index contributed by atoms with van der Waals surface area (Å²) >= 11 is 0. The molecule has 1 aromatic heterocycles. The molecule has 0 aliphatic rings. The van der Waals surface area contributed by atoms with Crippen LogP contribution in [0.5, 0.6) is 0 Å². The fraction of sp³-hybridized carbons (Fsp3) is 0.0909. The summed E-state index contributed by atoms with van der Waals surface area (Å²) < 4.78 is 5.29. The molecule has 1 atom stereocenters. The van der Waals surface area contributed by atoms with Gasteiger partial charge in [-0.2, -0.15) is 0 Å². The summed E-state index contributed by atoms with van der Waals surface area (Å²) in [4.78, 5) is 0. The van der Waals surface area contributed by atoms with Gasteiger partial charge in [0.25, 0.3) is 0 Å². The molecule has 0 unspecified atom stereocenters. The molecule has 1 heterocycles. The first-order valence-corrected chi connectivity index (χ1v) is 4.29.